The maximum absolute atomic E-state index is 13.1. The first-order valence-electron chi connectivity index (χ1n) is 10.5. The van der Waals surface area contributed by atoms with E-state index in [2.05, 4.69) is 0 Å². The molecule has 2 aliphatic heterocycles. The predicted octanol–water partition coefficient (Wildman–Crippen LogP) is 2.63. The van der Waals surface area contributed by atoms with Crippen molar-refractivity contribution < 1.29 is 17.9 Å². The van der Waals surface area contributed by atoms with Gasteiger partial charge in [-0.1, -0.05) is 13.3 Å². The molecule has 4 rings (SSSR count). The van der Waals surface area contributed by atoms with Crippen LogP contribution in [0.4, 0.5) is 0 Å². The zero-order chi connectivity index (χ0) is 20.4. The molecule has 0 radical (unpaired) electrons. The molecule has 0 saturated carbocycles. The summed E-state index contributed by atoms with van der Waals surface area (Å²) >= 11 is 0. The summed E-state index contributed by atoms with van der Waals surface area (Å²) in [5.74, 6) is 0.0957. The lowest BCUT2D eigenvalue weighted by Gasteiger charge is -2.31. The van der Waals surface area contributed by atoms with Crippen molar-refractivity contribution in [2.75, 3.05) is 39.4 Å². The van der Waals surface area contributed by atoms with Gasteiger partial charge in [-0.3, -0.25) is 4.79 Å². The summed E-state index contributed by atoms with van der Waals surface area (Å²) in [5, 5.41) is 0.844. The maximum Gasteiger partial charge on any atom is 0.245 e. The molecule has 0 N–H and O–H groups in total. The maximum atomic E-state index is 13.1. The zero-order valence-electron chi connectivity index (χ0n) is 16.9. The first-order valence-corrected chi connectivity index (χ1v) is 11.9. The van der Waals surface area contributed by atoms with E-state index in [0.29, 0.717) is 50.7 Å². The Balaban J connectivity index is 1.63. The van der Waals surface area contributed by atoms with Crippen molar-refractivity contribution in [3.05, 3.63) is 30.5 Å². The third kappa shape index (κ3) is 3.93. The van der Waals surface area contributed by atoms with Crippen molar-refractivity contribution in [1.29, 1.82) is 0 Å². The number of carbonyl (C=O) groups excluding carboxylic acids is 1. The van der Waals surface area contributed by atoms with Gasteiger partial charge in [0.1, 0.15) is 6.04 Å². The van der Waals surface area contributed by atoms with Crippen LogP contribution in [0.3, 0.4) is 0 Å². The molecule has 1 amide bonds. The zero-order valence-corrected chi connectivity index (χ0v) is 17.7. The number of hydrogen-bond acceptors (Lipinski definition) is 4. The molecule has 1 aromatic heterocycles. The van der Waals surface area contributed by atoms with Gasteiger partial charge in [-0.05, 0) is 43.5 Å². The van der Waals surface area contributed by atoms with Crippen LogP contribution < -0.4 is 0 Å². The summed E-state index contributed by atoms with van der Waals surface area (Å²) < 4.78 is 34.9. The largest absolute Gasteiger partial charge is 0.378 e. The van der Waals surface area contributed by atoms with Crippen LogP contribution in [0.25, 0.3) is 10.9 Å². The summed E-state index contributed by atoms with van der Waals surface area (Å²) in [6.45, 7) is 5.57. The number of sulfonamides is 1. The van der Waals surface area contributed by atoms with Gasteiger partial charge in [0.25, 0.3) is 0 Å². The Kier molecular flexibility index (Phi) is 5.94. The van der Waals surface area contributed by atoms with Gasteiger partial charge < -0.3 is 14.2 Å². The Morgan fingerprint density at radius 3 is 2.48 bits per heavy atom. The first kappa shape index (κ1) is 20.4. The van der Waals surface area contributed by atoms with Crippen LogP contribution in [-0.4, -0.2) is 67.5 Å². The van der Waals surface area contributed by atoms with Crippen LogP contribution in [0.15, 0.2) is 35.4 Å². The van der Waals surface area contributed by atoms with Gasteiger partial charge >= 0.3 is 0 Å². The molecule has 2 saturated heterocycles. The standard InChI is InChI=1S/C21H29N3O4S/c1-2-19(21(25)22-12-14-28-15-13-22)24-11-8-17-16-18(6-7-20(17)24)29(26,27)23-9-4-3-5-10-23/h6-8,11,16,19H,2-5,9-10,12-15H2,1H3/t19-/m0/s1. The highest BCUT2D eigenvalue weighted by Gasteiger charge is 2.28. The van der Waals surface area contributed by atoms with E-state index in [-0.39, 0.29) is 11.9 Å². The lowest BCUT2D eigenvalue weighted by molar-refractivity contribution is -0.138. The monoisotopic (exact) mass is 419 g/mol. The van der Waals surface area contributed by atoms with Gasteiger partial charge in [0.2, 0.25) is 15.9 Å². The van der Waals surface area contributed by atoms with E-state index in [9.17, 15) is 13.2 Å². The smallest absolute Gasteiger partial charge is 0.245 e. The molecule has 8 heteroatoms. The SMILES string of the molecule is CC[C@@H](C(=O)N1CCOCC1)n1ccc2cc(S(=O)(=O)N3CCCCC3)ccc21. The number of hydrogen-bond donors (Lipinski definition) is 0. The predicted molar refractivity (Wildman–Crippen MR) is 111 cm³/mol. The third-order valence-corrected chi connectivity index (χ3v) is 7.87. The molecule has 2 fully saturated rings. The van der Waals surface area contributed by atoms with E-state index >= 15 is 0 Å². The number of rotatable bonds is 5. The minimum Gasteiger partial charge on any atom is -0.378 e. The minimum atomic E-state index is -3.47. The number of nitrogens with zero attached hydrogens (tertiary/aromatic N) is 3. The third-order valence-electron chi connectivity index (χ3n) is 5.97. The molecule has 3 heterocycles. The molecule has 2 aromatic rings. The normalized spacial score (nSPS) is 20.1. The van der Waals surface area contributed by atoms with Crippen LogP contribution in [0.2, 0.25) is 0 Å². The summed E-state index contributed by atoms with van der Waals surface area (Å²) in [7, 11) is -3.47. The van der Waals surface area contributed by atoms with Crippen LogP contribution >= 0.6 is 0 Å². The fraction of sp³-hybridized carbons (Fsp3) is 0.571. The topological polar surface area (TPSA) is 71.8 Å². The fourth-order valence-corrected chi connectivity index (χ4v) is 5.87. The molecule has 158 valence electrons. The second-order valence-electron chi connectivity index (χ2n) is 7.77. The Hall–Kier alpha value is -1.90. The van der Waals surface area contributed by atoms with Crippen molar-refractivity contribution in [1.82, 2.24) is 13.8 Å². The van der Waals surface area contributed by atoms with E-state index in [4.69, 9.17) is 4.74 Å². The van der Waals surface area contributed by atoms with E-state index < -0.39 is 10.0 Å². The molecule has 0 bridgehead atoms. The highest BCUT2D eigenvalue weighted by atomic mass is 32.2. The lowest BCUT2D eigenvalue weighted by Crippen LogP contribution is -2.44. The number of fused-ring (bicyclic) bond motifs is 1. The van der Waals surface area contributed by atoms with Gasteiger partial charge in [-0.25, -0.2) is 8.42 Å². The van der Waals surface area contributed by atoms with Crippen molar-refractivity contribution >= 4 is 26.8 Å². The number of ether oxygens (including phenoxy) is 1. The van der Waals surface area contributed by atoms with Crippen molar-refractivity contribution in [2.24, 2.45) is 0 Å². The van der Waals surface area contributed by atoms with Crippen LogP contribution in [0.5, 0.6) is 0 Å². The molecule has 1 aromatic carbocycles. The number of amides is 1. The molecular formula is C21H29N3O4S. The number of piperidine rings is 1. The highest BCUT2D eigenvalue weighted by Crippen LogP contribution is 2.28. The Labute approximate surface area is 172 Å². The van der Waals surface area contributed by atoms with Crippen LogP contribution in [-0.2, 0) is 19.6 Å². The fourth-order valence-electron chi connectivity index (χ4n) is 4.31. The van der Waals surface area contributed by atoms with E-state index in [1.807, 2.05) is 34.7 Å². The first-order chi connectivity index (χ1) is 14.0. The summed E-state index contributed by atoms with van der Waals surface area (Å²) in [6.07, 6.45) is 5.49. The van der Waals surface area contributed by atoms with Gasteiger partial charge in [-0.15, -0.1) is 0 Å². The van der Waals surface area contributed by atoms with Gasteiger partial charge in [0.15, 0.2) is 0 Å². The number of aromatic nitrogens is 1. The average Bonchev–Trinajstić information content (AvgIpc) is 3.18. The molecule has 7 nitrogen and oxygen atoms in total. The van der Waals surface area contributed by atoms with Gasteiger partial charge in [-0.2, -0.15) is 4.31 Å². The van der Waals surface area contributed by atoms with Crippen molar-refractivity contribution in [2.45, 2.75) is 43.5 Å². The van der Waals surface area contributed by atoms with Crippen molar-refractivity contribution in [3.8, 4) is 0 Å². The molecular weight excluding hydrogens is 390 g/mol. The van der Waals surface area contributed by atoms with E-state index in [1.165, 1.54) is 0 Å². The lowest BCUT2D eigenvalue weighted by atomic mass is 10.1. The Morgan fingerprint density at radius 2 is 1.79 bits per heavy atom. The summed E-state index contributed by atoms with van der Waals surface area (Å²) in [5.41, 5.74) is 0.885. The summed E-state index contributed by atoms with van der Waals surface area (Å²) in [6, 6.07) is 6.85. The van der Waals surface area contributed by atoms with E-state index in [0.717, 1.165) is 30.2 Å². The average molecular weight is 420 g/mol. The second-order valence-corrected chi connectivity index (χ2v) is 9.71. The van der Waals surface area contributed by atoms with Crippen LogP contribution in [0, 0.1) is 0 Å². The molecule has 0 spiro atoms. The summed E-state index contributed by atoms with van der Waals surface area (Å²) in [4.78, 5) is 15.2. The Bertz CT molecular complexity index is 973. The molecule has 1 atom stereocenters. The quantitative estimate of drug-likeness (QED) is 0.747. The van der Waals surface area contributed by atoms with Crippen molar-refractivity contribution in [3.63, 3.8) is 0 Å². The van der Waals surface area contributed by atoms with E-state index in [1.54, 1.807) is 16.4 Å². The molecule has 2 aliphatic rings. The molecule has 0 aliphatic carbocycles. The number of carbonyl (C=O) groups is 1. The van der Waals surface area contributed by atoms with Crippen LogP contribution in [0.1, 0.15) is 38.6 Å². The molecule has 29 heavy (non-hydrogen) atoms. The number of morpholine rings is 1. The highest BCUT2D eigenvalue weighted by molar-refractivity contribution is 7.89. The van der Waals surface area contributed by atoms with Gasteiger partial charge in [0, 0.05) is 43.3 Å². The van der Waals surface area contributed by atoms with Gasteiger partial charge in [0.05, 0.1) is 18.1 Å². The second kappa shape index (κ2) is 8.45. The Morgan fingerprint density at radius 1 is 1.07 bits per heavy atom. The molecule has 0 unspecified atom stereocenters. The number of benzene rings is 1. The minimum absolute atomic E-state index is 0.0957.